The van der Waals surface area contributed by atoms with Gasteiger partial charge in [-0.2, -0.15) is 0 Å². The van der Waals surface area contributed by atoms with E-state index in [1.165, 1.54) is 7.11 Å². The second-order valence-corrected chi connectivity index (χ2v) is 4.36. The van der Waals surface area contributed by atoms with Gasteiger partial charge in [-0.15, -0.1) is 0 Å². The first-order valence-corrected chi connectivity index (χ1v) is 6.16. The van der Waals surface area contributed by atoms with Crippen LogP contribution in [-0.2, 0) is 14.3 Å². The van der Waals surface area contributed by atoms with E-state index < -0.39 is 6.10 Å². The number of rotatable bonds is 10. The van der Waals surface area contributed by atoms with Gasteiger partial charge in [-0.05, 0) is 20.4 Å². The molecular weight excluding hydrogens is 236 g/mol. The zero-order chi connectivity index (χ0) is 14.0. The number of methoxy groups -OCH3 is 2. The largest absolute Gasteiger partial charge is 0.389 e. The Kier molecular flexibility index (Phi) is 9.86. The second kappa shape index (κ2) is 10.3. The monoisotopic (exact) mass is 262 g/mol. The van der Waals surface area contributed by atoms with E-state index in [0.29, 0.717) is 19.7 Å². The smallest absolute Gasteiger partial charge is 0.237 e. The summed E-state index contributed by atoms with van der Waals surface area (Å²) in [7, 11) is 4.98. The molecule has 0 aromatic carbocycles. The minimum Gasteiger partial charge on any atom is -0.389 e. The summed E-state index contributed by atoms with van der Waals surface area (Å²) in [6, 6.07) is -0.279. The molecule has 2 unspecified atom stereocenters. The van der Waals surface area contributed by atoms with Crippen LogP contribution in [0.5, 0.6) is 0 Å². The summed E-state index contributed by atoms with van der Waals surface area (Å²) >= 11 is 0. The number of aliphatic hydroxyl groups is 1. The van der Waals surface area contributed by atoms with Crippen LogP contribution in [0.4, 0.5) is 0 Å². The fourth-order valence-corrected chi connectivity index (χ4v) is 1.51. The maximum absolute atomic E-state index is 11.8. The molecule has 0 heterocycles. The molecule has 1 amide bonds. The predicted molar refractivity (Wildman–Crippen MR) is 69.5 cm³/mol. The van der Waals surface area contributed by atoms with Crippen molar-refractivity contribution in [2.45, 2.75) is 25.5 Å². The molecule has 18 heavy (non-hydrogen) atoms. The van der Waals surface area contributed by atoms with Gasteiger partial charge >= 0.3 is 0 Å². The first-order valence-electron chi connectivity index (χ1n) is 6.16. The van der Waals surface area contributed by atoms with Crippen LogP contribution in [0.25, 0.3) is 0 Å². The molecule has 0 aromatic heterocycles. The zero-order valence-electron chi connectivity index (χ0n) is 11.8. The van der Waals surface area contributed by atoms with Gasteiger partial charge < -0.3 is 19.9 Å². The van der Waals surface area contributed by atoms with Crippen LogP contribution < -0.4 is 5.32 Å². The molecule has 0 aliphatic rings. The number of nitrogens with one attached hydrogen (secondary N) is 1. The van der Waals surface area contributed by atoms with Crippen LogP contribution in [-0.4, -0.2) is 75.6 Å². The Bertz CT molecular complexity index is 226. The van der Waals surface area contributed by atoms with Crippen molar-refractivity contribution in [2.24, 2.45) is 0 Å². The average Bonchev–Trinajstić information content (AvgIpc) is 2.33. The standard InChI is InChI=1S/C12H26N2O4/c1-10(12(16)13-6-5-7-17-3)14(2)8-11(15)9-18-4/h10-11,15H,5-9H2,1-4H3,(H,13,16). The summed E-state index contributed by atoms with van der Waals surface area (Å²) in [4.78, 5) is 13.6. The van der Waals surface area contributed by atoms with Gasteiger partial charge in [0.25, 0.3) is 0 Å². The number of likely N-dealkylation sites (N-methyl/N-ethyl adjacent to an activating group) is 1. The van der Waals surface area contributed by atoms with E-state index >= 15 is 0 Å². The van der Waals surface area contributed by atoms with Crippen LogP contribution in [0, 0.1) is 0 Å². The summed E-state index contributed by atoms with van der Waals surface area (Å²) in [6.45, 7) is 3.72. The fourth-order valence-electron chi connectivity index (χ4n) is 1.51. The number of amides is 1. The predicted octanol–water partition coefficient (Wildman–Crippen LogP) is -0.533. The third-order valence-corrected chi connectivity index (χ3v) is 2.72. The molecule has 0 saturated heterocycles. The Balaban J connectivity index is 3.88. The molecule has 0 aromatic rings. The number of hydrogen-bond donors (Lipinski definition) is 2. The Morgan fingerprint density at radius 2 is 2.06 bits per heavy atom. The lowest BCUT2D eigenvalue weighted by Gasteiger charge is -2.25. The van der Waals surface area contributed by atoms with Crippen LogP contribution in [0.2, 0.25) is 0 Å². The fraction of sp³-hybridized carbons (Fsp3) is 0.917. The third-order valence-electron chi connectivity index (χ3n) is 2.72. The highest BCUT2D eigenvalue weighted by molar-refractivity contribution is 5.81. The quantitative estimate of drug-likeness (QED) is 0.518. The number of carbonyl (C=O) groups excluding carboxylic acids is 1. The van der Waals surface area contributed by atoms with E-state index in [0.717, 1.165) is 6.42 Å². The highest BCUT2D eigenvalue weighted by Gasteiger charge is 2.19. The van der Waals surface area contributed by atoms with Crippen molar-refractivity contribution in [3.63, 3.8) is 0 Å². The molecule has 0 bridgehead atoms. The minimum atomic E-state index is -0.580. The minimum absolute atomic E-state index is 0.0433. The summed E-state index contributed by atoms with van der Waals surface area (Å²) in [6.07, 6.45) is 0.217. The first kappa shape index (κ1) is 17.3. The van der Waals surface area contributed by atoms with Crippen molar-refractivity contribution in [1.29, 1.82) is 0 Å². The zero-order valence-corrected chi connectivity index (χ0v) is 11.8. The molecule has 0 spiro atoms. The Morgan fingerprint density at radius 1 is 1.39 bits per heavy atom. The molecule has 0 rings (SSSR count). The van der Waals surface area contributed by atoms with Gasteiger partial charge in [0.05, 0.1) is 18.8 Å². The van der Waals surface area contributed by atoms with Crippen LogP contribution in [0.1, 0.15) is 13.3 Å². The van der Waals surface area contributed by atoms with Gasteiger partial charge in [-0.25, -0.2) is 0 Å². The van der Waals surface area contributed by atoms with Crippen molar-refractivity contribution in [3.05, 3.63) is 0 Å². The maximum Gasteiger partial charge on any atom is 0.237 e. The van der Waals surface area contributed by atoms with Crippen LogP contribution >= 0.6 is 0 Å². The molecule has 108 valence electrons. The molecule has 6 heteroatoms. The molecule has 2 atom stereocenters. The van der Waals surface area contributed by atoms with Crippen LogP contribution in [0.15, 0.2) is 0 Å². The first-order chi connectivity index (χ1) is 8.52. The molecule has 0 aliphatic heterocycles. The van der Waals surface area contributed by atoms with E-state index in [2.05, 4.69) is 5.32 Å². The maximum atomic E-state index is 11.8. The normalized spacial score (nSPS) is 14.6. The number of carbonyl (C=O) groups is 1. The third kappa shape index (κ3) is 7.60. The summed E-state index contributed by atoms with van der Waals surface area (Å²) in [5.41, 5.74) is 0. The van der Waals surface area contributed by atoms with E-state index in [4.69, 9.17) is 9.47 Å². The molecule has 0 aliphatic carbocycles. The van der Waals surface area contributed by atoms with Gasteiger partial charge in [-0.3, -0.25) is 9.69 Å². The molecule has 0 fully saturated rings. The Morgan fingerprint density at radius 3 is 2.61 bits per heavy atom. The Labute approximate surface area is 109 Å². The van der Waals surface area contributed by atoms with Crippen molar-refractivity contribution in [1.82, 2.24) is 10.2 Å². The van der Waals surface area contributed by atoms with Crippen molar-refractivity contribution in [3.8, 4) is 0 Å². The van der Waals surface area contributed by atoms with Gasteiger partial charge in [-0.1, -0.05) is 0 Å². The molecule has 0 saturated carbocycles. The second-order valence-electron chi connectivity index (χ2n) is 4.36. The molecule has 0 radical (unpaired) electrons. The number of aliphatic hydroxyl groups excluding tert-OH is 1. The topological polar surface area (TPSA) is 71.0 Å². The molecule has 6 nitrogen and oxygen atoms in total. The van der Waals surface area contributed by atoms with E-state index in [-0.39, 0.29) is 18.6 Å². The van der Waals surface area contributed by atoms with Gasteiger partial charge in [0.2, 0.25) is 5.91 Å². The summed E-state index contributed by atoms with van der Waals surface area (Å²) < 4.78 is 9.75. The Hall–Kier alpha value is -0.690. The lowest BCUT2D eigenvalue weighted by molar-refractivity contribution is -0.126. The van der Waals surface area contributed by atoms with E-state index in [1.807, 2.05) is 6.92 Å². The highest BCUT2D eigenvalue weighted by Crippen LogP contribution is 1.98. The van der Waals surface area contributed by atoms with Gasteiger partial charge in [0, 0.05) is 33.9 Å². The average molecular weight is 262 g/mol. The molecule has 2 N–H and O–H groups in total. The van der Waals surface area contributed by atoms with Crippen molar-refractivity contribution < 1.29 is 19.4 Å². The van der Waals surface area contributed by atoms with Gasteiger partial charge in [0.15, 0.2) is 0 Å². The molecular formula is C12H26N2O4. The van der Waals surface area contributed by atoms with E-state index in [9.17, 15) is 9.90 Å². The SMILES string of the molecule is COCCCNC(=O)C(C)N(C)CC(O)COC. The number of nitrogens with zero attached hydrogens (tertiary/aromatic N) is 1. The lowest BCUT2D eigenvalue weighted by Crippen LogP contribution is -2.46. The lowest BCUT2D eigenvalue weighted by atomic mass is 10.2. The van der Waals surface area contributed by atoms with Gasteiger partial charge in [0.1, 0.15) is 0 Å². The van der Waals surface area contributed by atoms with E-state index in [1.54, 1.807) is 19.1 Å². The van der Waals surface area contributed by atoms with Crippen molar-refractivity contribution in [2.75, 3.05) is 47.6 Å². The van der Waals surface area contributed by atoms with Crippen LogP contribution in [0.3, 0.4) is 0 Å². The summed E-state index contributed by atoms with van der Waals surface area (Å²) in [5, 5.41) is 12.4. The number of hydrogen-bond acceptors (Lipinski definition) is 5. The summed E-state index contributed by atoms with van der Waals surface area (Å²) in [5.74, 6) is -0.0433. The van der Waals surface area contributed by atoms with Crippen molar-refractivity contribution >= 4 is 5.91 Å². The number of ether oxygens (including phenoxy) is 2. The highest BCUT2D eigenvalue weighted by atomic mass is 16.5.